The maximum atomic E-state index is 11.3. The van der Waals surface area contributed by atoms with Gasteiger partial charge in [-0.15, -0.1) is 12.4 Å². The summed E-state index contributed by atoms with van der Waals surface area (Å²) in [7, 11) is 1.42. The lowest BCUT2D eigenvalue weighted by atomic mass is 9.90. The Morgan fingerprint density at radius 3 is 2.00 bits per heavy atom. The van der Waals surface area contributed by atoms with Gasteiger partial charge < -0.3 is 10.5 Å². The van der Waals surface area contributed by atoms with Gasteiger partial charge in [-0.25, -0.2) is 0 Å². The Hall–Kier alpha value is -0.280. The molecule has 0 radical (unpaired) electrons. The van der Waals surface area contributed by atoms with Gasteiger partial charge in [0.05, 0.1) is 7.11 Å². The summed E-state index contributed by atoms with van der Waals surface area (Å²) in [4.78, 5) is 11.3. The third-order valence-electron chi connectivity index (χ3n) is 3.22. The third kappa shape index (κ3) is 2.39. The molecule has 4 heteroatoms. The van der Waals surface area contributed by atoms with Gasteiger partial charge in [0.25, 0.3) is 0 Å². The standard InChI is InChI=1S/C10H17NO2.ClH/c1-13-10(12)9(11)8(6-2-3-6)7-4-5-7;/h6-9H,2-5,11H2,1H3;1H/t9-;/m0./s1. The third-order valence-corrected chi connectivity index (χ3v) is 3.22. The molecule has 2 rings (SSSR count). The molecule has 2 aliphatic carbocycles. The van der Waals surface area contributed by atoms with Crippen molar-refractivity contribution in [1.82, 2.24) is 0 Å². The van der Waals surface area contributed by atoms with Crippen molar-refractivity contribution in [1.29, 1.82) is 0 Å². The monoisotopic (exact) mass is 219 g/mol. The molecule has 2 aliphatic rings. The SMILES string of the molecule is COC(=O)[C@@H](N)C(C1CC1)C1CC1.Cl. The maximum Gasteiger partial charge on any atom is 0.322 e. The predicted octanol–water partition coefficient (Wildman–Crippen LogP) is 1.34. The average molecular weight is 220 g/mol. The van der Waals surface area contributed by atoms with Crippen LogP contribution in [-0.2, 0) is 9.53 Å². The molecular formula is C10H18ClNO2. The highest BCUT2D eigenvalue weighted by molar-refractivity contribution is 5.85. The lowest BCUT2D eigenvalue weighted by Gasteiger charge is -2.20. The molecule has 2 fully saturated rings. The number of halogens is 1. The van der Waals surface area contributed by atoms with E-state index in [1.54, 1.807) is 0 Å². The smallest absolute Gasteiger partial charge is 0.322 e. The summed E-state index contributed by atoms with van der Waals surface area (Å²) in [5.41, 5.74) is 5.88. The number of rotatable bonds is 4. The second-order valence-corrected chi connectivity index (χ2v) is 4.30. The van der Waals surface area contributed by atoms with E-state index in [-0.39, 0.29) is 24.4 Å². The molecule has 0 saturated heterocycles. The summed E-state index contributed by atoms with van der Waals surface area (Å²) < 4.78 is 4.68. The second kappa shape index (κ2) is 4.49. The van der Waals surface area contributed by atoms with Gasteiger partial charge in [-0.2, -0.15) is 0 Å². The van der Waals surface area contributed by atoms with Crippen molar-refractivity contribution in [3.05, 3.63) is 0 Å². The quantitative estimate of drug-likeness (QED) is 0.727. The largest absolute Gasteiger partial charge is 0.468 e. The molecule has 3 nitrogen and oxygen atoms in total. The Kier molecular flexibility index (Phi) is 3.78. The van der Waals surface area contributed by atoms with Crippen LogP contribution in [0.3, 0.4) is 0 Å². The first kappa shape index (κ1) is 11.8. The molecule has 0 unspecified atom stereocenters. The van der Waals surface area contributed by atoms with Crippen LogP contribution >= 0.6 is 12.4 Å². The first-order valence-electron chi connectivity index (χ1n) is 5.07. The highest BCUT2D eigenvalue weighted by atomic mass is 35.5. The van der Waals surface area contributed by atoms with Crippen LogP contribution in [0.15, 0.2) is 0 Å². The lowest BCUT2D eigenvalue weighted by Crippen LogP contribution is -2.41. The van der Waals surface area contributed by atoms with Crippen LogP contribution in [0, 0.1) is 17.8 Å². The van der Waals surface area contributed by atoms with Gasteiger partial charge in [0.15, 0.2) is 0 Å². The fourth-order valence-electron chi connectivity index (χ4n) is 2.23. The lowest BCUT2D eigenvalue weighted by molar-refractivity contribution is -0.144. The molecule has 0 bridgehead atoms. The molecule has 0 aromatic rings. The number of carbonyl (C=O) groups excluding carboxylic acids is 1. The van der Waals surface area contributed by atoms with Crippen molar-refractivity contribution in [2.45, 2.75) is 31.7 Å². The highest BCUT2D eigenvalue weighted by Gasteiger charge is 2.46. The average Bonchev–Trinajstić information content (AvgIpc) is 2.95. The summed E-state index contributed by atoms with van der Waals surface area (Å²) >= 11 is 0. The Morgan fingerprint density at radius 2 is 1.71 bits per heavy atom. The molecule has 14 heavy (non-hydrogen) atoms. The van der Waals surface area contributed by atoms with E-state index < -0.39 is 0 Å². The molecule has 82 valence electrons. The Morgan fingerprint density at radius 1 is 1.29 bits per heavy atom. The molecule has 0 aromatic carbocycles. The zero-order valence-electron chi connectivity index (χ0n) is 8.44. The molecule has 0 aliphatic heterocycles. The number of ether oxygens (including phenoxy) is 1. The van der Waals surface area contributed by atoms with E-state index in [1.165, 1.54) is 32.8 Å². The minimum absolute atomic E-state index is 0. The number of nitrogens with two attached hydrogens (primary N) is 1. The van der Waals surface area contributed by atoms with Gasteiger partial charge in [-0.05, 0) is 43.4 Å². The molecular weight excluding hydrogens is 202 g/mol. The zero-order chi connectivity index (χ0) is 9.42. The van der Waals surface area contributed by atoms with Crippen LogP contribution in [0.4, 0.5) is 0 Å². The molecule has 2 N–H and O–H groups in total. The van der Waals surface area contributed by atoms with E-state index in [1.807, 2.05) is 0 Å². The minimum atomic E-state index is -0.370. The van der Waals surface area contributed by atoms with E-state index in [0.29, 0.717) is 17.8 Å². The summed E-state index contributed by atoms with van der Waals surface area (Å²) in [5.74, 6) is 1.60. The number of hydrogen-bond acceptors (Lipinski definition) is 3. The summed E-state index contributed by atoms with van der Waals surface area (Å²) in [6.07, 6.45) is 5.02. The van der Waals surface area contributed by atoms with Gasteiger partial charge in [-0.1, -0.05) is 0 Å². The molecule has 1 atom stereocenters. The van der Waals surface area contributed by atoms with E-state index in [0.717, 1.165) is 0 Å². The fraction of sp³-hybridized carbons (Fsp3) is 0.900. The normalized spacial score (nSPS) is 22.8. The molecule has 0 aromatic heterocycles. The van der Waals surface area contributed by atoms with Gasteiger partial charge in [0, 0.05) is 0 Å². The van der Waals surface area contributed by atoms with Crippen LogP contribution in [-0.4, -0.2) is 19.1 Å². The number of hydrogen-bond donors (Lipinski definition) is 1. The predicted molar refractivity (Wildman–Crippen MR) is 56.2 cm³/mol. The van der Waals surface area contributed by atoms with Crippen molar-refractivity contribution in [3.8, 4) is 0 Å². The van der Waals surface area contributed by atoms with E-state index >= 15 is 0 Å². The van der Waals surface area contributed by atoms with Gasteiger partial charge in [0.2, 0.25) is 0 Å². The van der Waals surface area contributed by atoms with Gasteiger partial charge in [-0.3, -0.25) is 4.79 Å². The molecule has 0 amide bonds. The zero-order valence-corrected chi connectivity index (χ0v) is 9.26. The van der Waals surface area contributed by atoms with Crippen LogP contribution in [0.5, 0.6) is 0 Å². The highest BCUT2D eigenvalue weighted by Crippen LogP contribution is 2.50. The topological polar surface area (TPSA) is 52.3 Å². The van der Waals surface area contributed by atoms with Crippen LogP contribution in [0.2, 0.25) is 0 Å². The first-order chi connectivity index (χ1) is 6.24. The van der Waals surface area contributed by atoms with Crippen molar-refractivity contribution >= 4 is 18.4 Å². The summed E-state index contributed by atoms with van der Waals surface area (Å²) in [5, 5.41) is 0. The van der Waals surface area contributed by atoms with Crippen LogP contribution < -0.4 is 5.73 Å². The van der Waals surface area contributed by atoms with Crippen molar-refractivity contribution in [2.24, 2.45) is 23.5 Å². The Bertz CT molecular complexity index is 202. The van der Waals surface area contributed by atoms with Gasteiger partial charge in [0.1, 0.15) is 6.04 Å². The Labute approximate surface area is 90.8 Å². The Balaban J connectivity index is 0.000000980. The van der Waals surface area contributed by atoms with E-state index in [4.69, 9.17) is 5.73 Å². The van der Waals surface area contributed by atoms with Crippen molar-refractivity contribution < 1.29 is 9.53 Å². The molecule has 0 heterocycles. The van der Waals surface area contributed by atoms with Gasteiger partial charge >= 0.3 is 5.97 Å². The molecule has 0 spiro atoms. The molecule has 2 saturated carbocycles. The number of carbonyl (C=O) groups is 1. The minimum Gasteiger partial charge on any atom is -0.468 e. The maximum absolute atomic E-state index is 11.3. The van der Waals surface area contributed by atoms with Crippen molar-refractivity contribution in [3.63, 3.8) is 0 Å². The van der Waals surface area contributed by atoms with Crippen LogP contribution in [0.25, 0.3) is 0 Å². The second-order valence-electron chi connectivity index (χ2n) is 4.30. The van der Waals surface area contributed by atoms with Crippen molar-refractivity contribution in [2.75, 3.05) is 7.11 Å². The number of methoxy groups -OCH3 is 1. The van der Waals surface area contributed by atoms with E-state index in [2.05, 4.69) is 4.74 Å². The number of esters is 1. The fourth-order valence-corrected chi connectivity index (χ4v) is 2.23. The first-order valence-corrected chi connectivity index (χ1v) is 5.07. The van der Waals surface area contributed by atoms with E-state index in [9.17, 15) is 4.79 Å². The summed E-state index contributed by atoms with van der Waals surface area (Å²) in [6, 6.07) is -0.370. The summed E-state index contributed by atoms with van der Waals surface area (Å²) in [6.45, 7) is 0. The van der Waals surface area contributed by atoms with Crippen LogP contribution in [0.1, 0.15) is 25.7 Å².